The number of nitrogens with one attached hydrogen (secondary N) is 1. The molecule has 0 aromatic heterocycles. The predicted octanol–water partition coefficient (Wildman–Crippen LogP) is 4.16. The van der Waals surface area contributed by atoms with Gasteiger partial charge in [-0.25, -0.2) is 5.43 Å². The number of ether oxygens (including phenoxy) is 1. The first-order chi connectivity index (χ1) is 20.4. The lowest BCUT2D eigenvalue weighted by Crippen LogP contribution is -2.51. The number of halogens is 1. The summed E-state index contributed by atoms with van der Waals surface area (Å²) in [5.41, 5.74) is 3.51. The van der Waals surface area contributed by atoms with Gasteiger partial charge in [-0.3, -0.25) is 19.4 Å². The standard InChI is InChI=1S/C32H36ClN5O4/c1-3-13-36(14-4-2)15-16-37-17-19-38(20-18-37)31(40)23-42-30-12-10-25(26-7-5-6-8-27(26)30)22-34-35-32(41)24-9-11-29(39)28(33)21-24/h3-12,21-22,39H,1-2,13-20,23H2,(H,35,41). The fourth-order valence-electron chi connectivity index (χ4n) is 4.76. The topological polar surface area (TPSA) is 97.7 Å². The van der Waals surface area contributed by atoms with Gasteiger partial charge in [-0.2, -0.15) is 5.10 Å². The lowest BCUT2D eigenvalue weighted by molar-refractivity contribution is -0.135. The molecule has 1 fully saturated rings. The van der Waals surface area contributed by atoms with Gasteiger partial charge < -0.3 is 14.7 Å². The smallest absolute Gasteiger partial charge is 0.271 e. The van der Waals surface area contributed by atoms with Gasteiger partial charge in [0.2, 0.25) is 0 Å². The number of benzene rings is 3. The Morgan fingerprint density at radius 2 is 1.74 bits per heavy atom. The van der Waals surface area contributed by atoms with E-state index in [1.807, 2.05) is 47.4 Å². The molecule has 2 amide bonds. The van der Waals surface area contributed by atoms with Gasteiger partial charge in [0.05, 0.1) is 11.2 Å². The Morgan fingerprint density at radius 1 is 1.02 bits per heavy atom. The first kappa shape index (κ1) is 30.8. The summed E-state index contributed by atoms with van der Waals surface area (Å²) in [6.07, 6.45) is 5.36. The number of hydrazone groups is 1. The summed E-state index contributed by atoms with van der Waals surface area (Å²) in [4.78, 5) is 31.9. The largest absolute Gasteiger partial charge is 0.506 e. The van der Waals surface area contributed by atoms with E-state index in [2.05, 4.69) is 33.5 Å². The highest BCUT2D eigenvalue weighted by Gasteiger charge is 2.22. The molecule has 4 rings (SSSR count). The molecule has 0 aliphatic carbocycles. The van der Waals surface area contributed by atoms with Crippen molar-refractivity contribution in [1.29, 1.82) is 0 Å². The van der Waals surface area contributed by atoms with E-state index in [4.69, 9.17) is 16.3 Å². The number of amides is 2. The summed E-state index contributed by atoms with van der Waals surface area (Å²) in [5.74, 6) is -0.000857. The van der Waals surface area contributed by atoms with Crippen LogP contribution in [0.1, 0.15) is 15.9 Å². The molecule has 0 spiro atoms. The zero-order chi connectivity index (χ0) is 29.9. The third kappa shape index (κ3) is 8.19. The Labute approximate surface area is 251 Å². The van der Waals surface area contributed by atoms with Crippen LogP contribution in [0.15, 0.2) is 85.0 Å². The van der Waals surface area contributed by atoms with Gasteiger partial charge in [-0.15, -0.1) is 13.2 Å². The van der Waals surface area contributed by atoms with Gasteiger partial charge in [0.15, 0.2) is 6.61 Å². The molecule has 1 aliphatic rings. The highest BCUT2D eigenvalue weighted by molar-refractivity contribution is 6.32. The molecular weight excluding hydrogens is 554 g/mol. The number of hydrogen-bond acceptors (Lipinski definition) is 7. The molecule has 3 aromatic rings. The molecule has 220 valence electrons. The van der Waals surface area contributed by atoms with E-state index in [-0.39, 0.29) is 28.8 Å². The summed E-state index contributed by atoms with van der Waals surface area (Å²) in [6.45, 7) is 14.1. The van der Waals surface area contributed by atoms with Crippen molar-refractivity contribution in [2.24, 2.45) is 5.10 Å². The fraction of sp³-hybridized carbons (Fsp3) is 0.281. The molecule has 1 aliphatic heterocycles. The van der Waals surface area contributed by atoms with Gasteiger partial charge >= 0.3 is 0 Å². The average molecular weight is 590 g/mol. The minimum absolute atomic E-state index is 0.0404. The molecule has 3 aromatic carbocycles. The maximum absolute atomic E-state index is 12.9. The van der Waals surface area contributed by atoms with Crippen molar-refractivity contribution in [2.45, 2.75) is 0 Å². The molecule has 0 atom stereocenters. The van der Waals surface area contributed by atoms with Crippen molar-refractivity contribution < 1.29 is 19.4 Å². The molecule has 0 saturated carbocycles. The molecule has 0 unspecified atom stereocenters. The normalized spacial score (nSPS) is 13.9. The number of hydrogen-bond donors (Lipinski definition) is 2. The van der Waals surface area contributed by atoms with Crippen LogP contribution >= 0.6 is 11.6 Å². The second kappa shape index (κ2) is 15.2. The highest BCUT2D eigenvalue weighted by atomic mass is 35.5. The van der Waals surface area contributed by atoms with Crippen LogP contribution in [0.3, 0.4) is 0 Å². The predicted molar refractivity (Wildman–Crippen MR) is 167 cm³/mol. The monoisotopic (exact) mass is 589 g/mol. The number of carbonyl (C=O) groups excluding carboxylic acids is 2. The molecular formula is C32H36ClN5O4. The van der Waals surface area contributed by atoms with E-state index < -0.39 is 5.91 Å². The minimum atomic E-state index is -0.459. The Morgan fingerprint density at radius 3 is 2.43 bits per heavy atom. The van der Waals surface area contributed by atoms with E-state index in [0.717, 1.165) is 55.6 Å². The number of phenols is 1. The average Bonchev–Trinajstić information content (AvgIpc) is 3.01. The van der Waals surface area contributed by atoms with E-state index in [1.165, 1.54) is 18.2 Å². The van der Waals surface area contributed by atoms with Crippen LogP contribution in [0.5, 0.6) is 11.5 Å². The van der Waals surface area contributed by atoms with Crippen molar-refractivity contribution in [3.8, 4) is 11.5 Å². The van der Waals surface area contributed by atoms with Crippen LogP contribution in [-0.4, -0.2) is 96.8 Å². The number of fused-ring (bicyclic) bond motifs is 1. The number of piperazine rings is 1. The van der Waals surface area contributed by atoms with E-state index in [9.17, 15) is 14.7 Å². The van der Waals surface area contributed by atoms with Crippen molar-refractivity contribution in [2.75, 3.05) is 59.0 Å². The Balaban J connectivity index is 1.31. The van der Waals surface area contributed by atoms with Crippen LogP contribution in [0.25, 0.3) is 10.8 Å². The molecule has 10 heteroatoms. The van der Waals surface area contributed by atoms with Crippen LogP contribution in [0.4, 0.5) is 0 Å². The summed E-state index contributed by atoms with van der Waals surface area (Å²) in [5, 5.41) is 15.4. The number of nitrogens with zero attached hydrogens (tertiary/aromatic N) is 4. The van der Waals surface area contributed by atoms with Crippen LogP contribution < -0.4 is 10.2 Å². The lowest BCUT2D eigenvalue weighted by atomic mass is 10.0. The highest BCUT2D eigenvalue weighted by Crippen LogP contribution is 2.28. The van der Waals surface area contributed by atoms with Crippen molar-refractivity contribution in [3.05, 3.63) is 96.1 Å². The third-order valence-corrected chi connectivity index (χ3v) is 7.38. The van der Waals surface area contributed by atoms with Crippen LogP contribution in [0, 0.1) is 0 Å². The molecule has 2 N–H and O–H groups in total. The Hall–Kier alpha value is -4.18. The van der Waals surface area contributed by atoms with Gasteiger partial charge in [-0.05, 0) is 35.7 Å². The molecule has 9 nitrogen and oxygen atoms in total. The molecule has 0 radical (unpaired) electrons. The van der Waals surface area contributed by atoms with Gasteiger partial charge in [0.25, 0.3) is 11.8 Å². The zero-order valence-electron chi connectivity index (χ0n) is 23.5. The van der Waals surface area contributed by atoms with Crippen molar-refractivity contribution in [1.82, 2.24) is 20.1 Å². The van der Waals surface area contributed by atoms with Gasteiger partial charge in [0, 0.05) is 68.9 Å². The van der Waals surface area contributed by atoms with Gasteiger partial charge in [0.1, 0.15) is 11.5 Å². The maximum atomic E-state index is 12.9. The van der Waals surface area contributed by atoms with E-state index in [0.29, 0.717) is 18.8 Å². The molecule has 42 heavy (non-hydrogen) atoms. The van der Waals surface area contributed by atoms with Crippen molar-refractivity contribution >= 4 is 40.4 Å². The summed E-state index contributed by atoms with van der Waals surface area (Å²) >= 11 is 5.89. The Kier molecular flexibility index (Phi) is 11.1. The summed E-state index contributed by atoms with van der Waals surface area (Å²) < 4.78 is 5.99. The second-order valence-corrected chi connectivity index (χ2v) is 10.3. The van der Waals surface area contributed by atoms with E-state index >= 15 is 0 Å². The Bertz CT molecular complexity index is 1440. The summed E-state index contributed by atoms with van der Waals surface area (Å²) in [7, 11) is 0. The quantitative estimate of drug-likeness (QED) is 0.177. The first-order valence-electron chi connectivity index (χ1n) is 13.8. The third-order valence-electron chi connectivity index (χ3n) is 7.08. The zero-order valence-corrected chi connectivity index (χ0v) is 24.3. The molecule has 1 heterocycles. The number of carbonyl (C=O) groups is 2. The minimum Gasteiger partial charge on any atom is -0.506 e. The second-order valence-electron chi connectivity index (χ2n) is 9.91. The molecule has 1 saturated heterocycles. The van der Waals surface area contributed by atoms with E-state index in [1.54, 1.807) is 12.3 Å². The summed E-state index contributed by atoms with van der Waals surface area (Å²) in [6, 6.07) is 15.5. The first-order valence-corrected chi connectivity index (χ1v) is 14.2. The number of rotatable bonds is 13. The van der Waals surface area contributed by atoms with Crippen LogP contribution in [0.2, 0.25) is 5.02 Å². The maximum Gasteiger partial charge on any atom is 0.271 e. The number of phenolic OH excluding ortho intramolecular Hbond substituents is 1. The lowest BCUT2D eigenvalue weighted by Gasteiger charge is -2.35. The SMILES string of the molecule is C=CCN(CC=C)CCN1CCN(C(=O)COc2ccc(C=NNC(=O)c3ccc(O)c(Cl)c3)c3ccccc23)CC1. The fourth-order valence-corrected chi connectivity index (χ4v) is 4.94. The van der Waals surface area contributed by atoms with Crippen LogP contribution in [-0.2, 0) is 4.79 Å². The van der Waals surface area contributed by atoms with Crippen molar-refractivity contribution in [3.63, 3.8) is 0 Å². The molecule has 0 bridgehead atoms. The van der Waals surface area contributed by atoms with Gasteiger partial charge in [-0.1, -0.05) is 48.0 Å². The number of aromatic hydroxyl groups is 1.